The predicted octanol–water partition coefficient (Wildman–Crippen LogP) is 8.42. The molecule has 0 spiro atoms. The van der Waals surface area contributed by atoms with Gasteiger partial charge in [0, 0.05) is 78.9 Å². The molecule has 0 radical (unpaired) electrons. The summed E-state index contributed by atoms with van der Waals surface area (Å²) in [7, 11) is 2.66. The molecule has 3 aliphatic heterocycles. The number of ether oxygens (including phenoxy) is 2. The second kappa shape index (κ2) is 19.8. The van der Waals surface area contributed by atoms with Gasteiger partial charge in [-0.05, 0) is 76.4 Å². The van der Waals surface area contributed by atoms with E-state index in [1.807, 2.05) is 57.2 Å². The summed E-state index contributed by atoms with van der Waals surface area (Å²) in [5.74, 6) is 0.748. The molecule has 3 aromatic heterocycles. The summed E-state index contributed by atoms with van der Waals surface area (Å²) < 4.78 is 9.69. The van der Waals surface area contributed by atoms with E-state index >= 15 is 0 Å². The Morgan fingerprint density at radius 1 is 0.726 bits per heavy atom. The zero-order valence-corrected chi connectivity index (χ0v) is 36.5. The third kappa shape index (κ3) is 10.2. The number of imidazole rings is 1. The second-order valence-corrected chi connectivity index (χ2v) is 18.0. The number of aromatic amines is 1. The number of alkyl carbamates (subject to hydrolysis) is 2. The van der Waals surface area contributed by atoms with Crippen LogP contribution in [-0.2, 0) is 31.9 Å². The number of hydrogen-bond acceptors (Lipinski definition) is 10. The number of rotatable bonds is 15. The third-order valence-electron chi connectivity index (χ3n) is 11.9. The van der Waals surface area contributed by atoms with Gasteiger partial charge >= 0.3 is 12.2 Å². The number of allylic oxidation sites excluding steroid dienone is 1. The van der Waals surface area contributed by atoms with Crippen LogP contribution < -0.4 is 10.6 Å². The number of nitrogens with one attached hydrogen (secondary N) is 3. The van der Waals surface area contributed by atoms with Crippen molar-refractivity contribution < 1.29 is 28.7 Å². The average molecular weight is 874 g/mol. The van der Waals surface area contributed by atoms with E-state index in [4.69, 9.17) is 19.5 Å². The lowest BCUT2D eigenvalue weighted by Gasteiger charge is -2.27. The zero-order valence-electron chi connectivity index (χ0n) is 34.9. The first-order chi connectivity index (χ1) is 30.2. The van der Waals surface area contributed by atoms with Crippen LogP contribution in [0.2, 0.25) is 0 Å². The quantitative estimate of drug-likeness (QED) is 0.0953. The van der Waals surface area contributed by atoms with Gasteiger partial charge in [-0.15, -0.1) is 22.7 Å². The molecule has 0 aliphatic carbocycles. The zero-order chi connectivity index (χ0) is 43.0. The monoisotopic (exact) mass is 873 g/mol. The van der Waals surface area contributed by atoms with Crippen molar-refractivity contribution in [1.29, 1.82) is 0 Å². The summed E-state index contributed by atoms with van der Waals surface area (Å²) in [5.41, 5.74) is 7.28. The van der Waals surface area contributed by atoms with Gasteiger partial charge in [0.1, 0.15) is 5.82 Å². The molecule has 13 nitrogen and oxygen atoms in total. The number of likely N-dealkylation sites (tertiary alicyclic amines) is 2. The Morgan fingerprint density at radius 2 is 1.24 bits per heavy atom. The Labute approximate surface area is 369 Å². The van der Waals surface area contributed by atoms with E-state index in [1.54, 1.807) is 22.7 Å². The summed E-state index contributed by atoms with van der Waals surface area (Å²) in [4.78, 5) is 70.6. The molecule has 62 heavy (non-hydrogen) atoms. The molecule has 3 aliphatic rings. The van der Waals surface area contributed by atoms with Crippen LogP contribution in [0.3, 0.4) is 0 Å². The standard InChI is InChI=1S/C47H51N7O6S2/c1-59-46(57)50-35(24-37-7-5-21-61-37)26-43(55)53-19-3-9-41(53)39-23-34(28-48-39)32-13-11-30(12-14-32)31-15-17-33(18-16-31)40-29-49-45(52-40)42-10-4-20-54(42)44(56)27-36(51-47(58)60-2)25-38-8-6-22-62-38/h5-8,11-18,21-22,28-29,35-36,41-42H,3-4,9-10,19-20,23-27H2,1-2H3,(H,49,52)(H,50,57)(H,51,58)/t35-,36-,41-,42-/m0/s1. The first-order valence-corrected chi connectivity index (χ1v) is 22.8. The van der Waals surface area contributed by atoms with Crippen molar-refractivity contribution >= 4 is 58.0 Å². The molecule has 5 aromatic rings. The number of carbonyl (C=O) groups is 4. The third-order valence-corrected chi connectivity index (χ3v) is 13.7. The highest BCUT2D eigenvalue weighted by Crippen LogP contribution is 2.35. The first kappa shape index (κ1) is 42.6. The number of aliphatic imine (C=N–C) groups is 1. The van der Waals surface area contributed by atoms with Gasteiger partial charge in [-0.25, -0.2) is 14.6 Å². The van der Waals surface area contributed by atoms with Crippen molar-refractivity contribution in [2.24, 2.45) is 4.99 Å². The maximum absolute atomic E-state index is 13.7. The molecule has 8 rings (SSSR count). The van der Waals surface area contributed by atoms with Crippen molar-refractivity contribution in [2.45, 2.75) is 82.0 Å². The number of nitrogens with zero attached hydrogens (tertiary/aromatic N) is 4. The molecule has 2 fully saturated rings. The summed E-state index contributed by atoms with van der Waals surface area (Å²) in [6.07, 6.45) is 8.32. The maximum Gasteiger partial charge on any atom is 0.407 e. The van der Waals surface area contributed by atoms with Crippen molar-refractivity contribution in [1.82, 2.24) is 30.4 Å². The van der Waals surface area contributed by atoms with Crippen LogP contribution in [0, 0.1) is 0 Å². The minimum Gasteiger partial charge on any atom is -0.453 e. The predicted molar refractivity (Wildman–Crippen MR) is 242 cm³/mol. The van der Waals surface area contributed by atoms with Crippen molar-refractivity contribution in [2.75, 3.05) is 27.3 Å². The van der Waals surface area contributed by atoms with Gasteiger partial charge in [0.05, 0.1) is 38.2 Å². The van der Waals surface area contributed by atoms with E-state index in [2.05, 4.69) is 64.1 Å². The molecule has 2 aromatic carbocycles. The van der Waals surface area contributed by atoms with Crippen LogP contribution in [0.5, 0.6) is 0 Å². The highest BCUT2D eigenvalue weighted by Gasteiger charge is 2.36. The average Bonchev–Trinajstić information content (AvgIpc) is 4.14. The lowest BCUT2D eigenvalue weighted by Crippen LogP contribution is -2.45. The molecular weight excluding hydrogens is 823 g/mol. The van der Waals surface area contributed by atoms with E-state index in [1.165, 1.54) is 14.2 Å². The molecule has 15 heteroatoms. The fourth-order valence-electron chi connectivity index (χ4n) is 8.76. The van der Waals surface area contributed by atoms with E-state index in [9.17, 15) is 19.2 Å². The fraction of sp³-hybridized carbons (Fsp3) is 0.362. The second-order valence-electron chi connectivity index (χ2n) is 15.9. The number of carbonyl (C=O) groups excluding carboxylic acids is 4. The van der Waals surface area contributed by atoms with Gasteiger partial charge in [-0.2, -0.15) is 0 Å². The lowest BCUT2D eigenvalue weighted by molar-refractivity contribution is -0.133. The van der Waals surface area contributed by atoms with Crippen molar-refractivity contribution in [3.63, 3.8) is 0 Å². The van der Waals surface area contributed by atoms with Gasteiger partial charge in [0.2, 0.25) is 11.8 Å². The van der Waals surface area contributed by atoms with Crippen molar-refractivity contribution in [3.05, 3.63) is 117 Å². The fourth-order valence-corrected chi connectivity index (χ4v) is 10.3. The lowest BCUT2D eigenvalue weighted by atomic mass is 9.96. The van der Waals surface area contributed by atoms with E-state index < -0.39 is 12.2 Å². The maximum atomic E-state index is 13.7. The molecule has 2 saturated heterocycles. The topological polar surface area (TPSA) is 158 Å². The highest BCUT2D eigenvalue weighted by atomic mass is 32.1. The molecule has 0 unspecified atom stereocenters. The number of aromatic nitrogens is 2. The molecule has 0 saturated carbocycles. The Kier molecular flexibility index (Phi) is 13.6. The van der Waals surface area contributed by atoms with Crippen LogP contribution in [0.1, 0.15) is 72.1 Å². The molecule has 3 N–H and O–H groups in total. The smallest absolute Gasteiger partial charge is 0.407 e. The molecule has 6 heterocycles. The number of H-pyrrole nitrogens is 1. The van der Waals surface area contributed by atoms with E-state index in [0.717, 1.165) is 80.5 Å². The summed E-state index contributed by atoms with van der Waals surface area (Å²) in [5, 5.41) is 9.68. The Balaban J connectivity index is 0.856. The molecule has 4 atom stereocenters. The van der Waals surface area contributed by atoms with E-state index in [0.29, 0.717) is 32.4 Å². The number of benzene rings is 2. The van der Waals surface area contributed by atoms with Crippen LogP contribution in [0.4, 0.5) is 9.59 Å². The number of amides is 4. The largest absolute Gasteiger partial charge is 0.453 e. The Bertz CT molecular complexity index is 2390. The van der Waals surface area contributed by atoms with Gasteiger partial charge in [0.15, 0.2) is 0 Å². The highest BCUT2D eigenvalue weighted by molar-refractivity contribution is 7.10. The van der Waals surface area contributed by atoms with Crippen molar-refractivity contribution in [3.8, 4) is 22.4 Å². The summed E-state index contributed by atoms with van der Waals surface area (Å²) in [6, 6.07) is 23.9. The minimum atomic E-state index is -0.547. The van der Waals surface area contributed by atoms with Crippen LogP contribution in [0.25, 0.3) is 28.0 Å². The Hall–Kier alpha value is -6.06. The van der Waals surface area contributed by atoms with E-state index in [-0.39, 0.29) is 48.8 Å². The number of hydrogen-bond donors (Lipinski definition) is 3. The molecular formula is C47H51N7O6S2. The SMILES string of the molecule is COC(=O)N[C@H](CC(=O)N1CCC[C@H]1C1=NC=C(c2ccc(-c3ccc(-c4cnc([C@@H]5CCCN5C(=O)C[C@H](Cc5cccs5)NC(=O)OC)[nH]4)cc3)cc2)C1)Cc1cccs1. The minimum absolute atomic E-state index is 0.0131. The van der Waals surface area contributed by atoms with Gasteiger partial charge < -0.3 is 34.9 Å². The summed E-state index contributed by atoms with van der Waals surface area (Å²) >= 11 is 3.20. The van der Waals surface area contributed by atoms with Crippen LogP contribution >= 0.6 is 22.7 Å². The van der Waals surface area contributed by atoms with Gasteiger partial charge in [-0.1, -0.05) is 60.7 Å². The van der Waals surface area contributed by atoms with Crippen LogP contribution in [0.15, 0.2) is 101 Å². The number of methoxy groups -OCH3 is 2. The molecule has 4 amide bonds. The van der Waals surface area contributed by atoms with Gasteiger partial charge in [-0.3, -0.25) is 14.6 Å². The molecule has 0 bridgehead atoms. The first-order valence-electron chi connectivity index (χ1n) is 21.1. The van der Waals surface area contributed by atoms with Gasteiger partial charge in [0.25, 0.3) is 0 Å². The normalized spacial score (nSPS) is 18.2. The summed E-state index contributed by atoms with van der Waals surface area (Å²) in [6.45, 7) is 1.31. The molecule has 322 valence electrons. The Morgan fingerprint density at radius 3 is 1.77 bits per heavy atom. The number of thiophene rings is 2. The van der Waals surface area contributed by atoms with Crippen LogP contribution in [-0.4, -0.2) is 94.9 Å².